The summed E-state index contributed by atoms with van der Waals surface area (Å²) < 4.78 is 37.9. The molecule has 1 aromatic heterocycles. The molecule has 0 aliphatic heterocycles. The van der Waals surface area contributed by atoms with E-state index in [-0.39, 0.29) is 0 Å². The summed E-state index contributed by atoms with van der Waals surface area (Å²) in [5.41, 5.74) is 0. The first-order valence-corrected chi connectivity index (χ1v) is 5.24. The molecule has 1 aromatic rings. The Bertz CT molecular complexity index is 390. The van der Waals surface area contributed by atoms with E-state index in [2.05, 4.69) is 4.18 Å². The van der Waals surface area contributed by atoms with E-state index in [1.807, 2.05) is 36.0 Å². The van der Waals surface area contributed by atoms with Gasteiger partial charge in [-0.1, -0.05) is 0 Å². The molecule has 0 fully saturated rings. The summed E-state index contributed by atoms with van der Waals surface area (Å²) >= 11 is 0. The van der Waals surface area contributed by atoms with Gasteiger partial charge in [0.2, 0.25) is 10.4 Å². The van der Waals surface area contributed by atoms with E-state index < -0.39 is 10.4 Å². The molecule has 0 amide bonds. The Morgan fingerprint density at radius 1 is 1.33 bits per heavy atom. The fourth-order valence-corrected chi connectivity index (χ4v) is 0.720. The van der Waals surface area contributed by atoms with Gasteiger partial charge in [-0.05, 0) is 6.07 Å². The van der Waals surface area contributed by atoms with Crippen LogP contribution in [0.2, 0.25) is 0 Å². The summed E-state index contributed by atoms with van der Waals surface area (Å²) in [6, 6.07) is 5.82. The predicted octanol–water partition coefficient (Wildman–Crippen LogP) is -0.387. The van der Waals surface area contributed by atoms with Crippen molar-refractivity contribution in [2.45, 2.75) is 0 Å². The van der Waals surface area contributed by atoms with Crippen LogP contribution in [0.5, 0.6) is 5.88 Å². The lowest BCUT2D eigenvalue weighted by Gasteiger charge is -1.98. The Hall–Kier alpha value is -1.18. The second kappa shape index (κ2) is 6.33. The third-order valence-corrected chi connectivity index (χ3v) is 1.83. The SMILES string of the molecule is COS(=O)(=O)[O-].COc1cccc[n+]1C. The Morgan fingerprint density at radius 3 is 2.13 bits per heavy atom. The molecule has 0 N–H and O–H groups in total. The maximum atomic E-state index is 9.22. The zero-order valence-corrected chi connectivity index (χ0v) is 9.52. The fourth-order valence-electron chi connectivity index (χ4n) is 0.720. The van der Waals surface area contributed by atoms with Gasteiger partial charge in [-0.3, -0.25) is 4.18 Å². The van der Waals surface area contributed by atoms with Crippen LogP contribution in [-0.4, -0.2) is 27.2 Å². The molecule has 1 rings (SSSR count). The van der Waals surface area contributed by atoms with E-state index >= 15 is 0 Å². The van der Waals surface area contributed by atoms with Gasteiger partial charge in [0.05, 0.1) is 20.3 Å². The van der Waals surface area contributed by atoms with Crippen LogP contribution in [0.1, 0.15) is 0 Å². The van der Waals surface area contributed by atoms with Gasteiger partial charge < -0.3 is 9.29 Å². The molecule has 0 aromatic carbocycles. The first-order chi connectivity index (χ1) is 6.90. The van der Waals surface area contributed by atoms with E-state index in [0.29, 0.717) is 0 Å². The van der Waals surface area contributed by atoms with Crippen molar-refractivity contribution in [2.75, 3.05) is 14.2 Å². The van der Waals surface area contributed by atoms with Crippen molar-refractivity contribution in [3.63, 3.8) is 0 Å². The third kappa shape index (κ3) is 6.83. The molecular formula is C8H13NO5S. The molecule has 6 nitrogen and oxygen atoms in total. The number of aryl methyl sites for hydroxylation is 1. The summed E-state index contributed by atoms with van der Waals surface area (Å²) in [7, 11) is 0.00116. The van der Waals surface area contributed by atoms with Crippen LogP contribution in [0.4, 0.5) is 0 Å². The van der Waals surface area contributed by atoms with Gasteiger partial charge in [0, 0.05) is 6.07 Å². The van der Waals surface area contributed by atoms with Crippen molar-refractivity contribution in [1.82, 2.24) is 0 Å². The van der Waals surface area contributed by atoms with Gasteiger partial charge in [-0.2, -0.15) is 4.57 Å². The van der Waals surface area contributed by atoms with Crippen molar-refractivity contribution < 1.29 is 26.5 Å². The largest absolute Gasteiger partial charge is 0.726 e. The van der Waals surface area contributed by atoms with Crippen LogP contribution in [0.25, 0.3) is 0 Å². The predicted molar refractivity (Wildman–Crippen MR) is 50.9 cm³/mol. The third-order valence-electron chi connectivity index (χ3n) is 1.42. The van der Waals surface area contributed by atoms with Crippen molar-refractivity contribution in [3.05, 3.63) is 24.4 Å². The molecule has 0 aliphatic carbocycles. The van der Waals surface area contributed by atoms with Crippen LogP contribution in [-0.2, 0) is 21.6 Å². The highest BCUT2D eigenvalue weighted by Gasteiger charge is 1.99. The fraction of sp³-hybridized carbons (Fsp3) is 0.375. The first kappa shape index (κ1) is 13.8. The van der Waals surface area contributed by atoms with Crippen molar-refractivity contribution in [2.24, 2.45) is 7.05 Å². The molecule has 0 radical (unpaired) electrons. The van der Waals surface area contributed by atoms with Gasteiger partial charge in [0.25, 0.3) is 0 Å². The van der Waals surface area contributed by atoms with Crippen molar-refractivity contribution in [1.29, 1.82) is 0 Å². The maximum Gasteiger partial charge on any atom is 0.367 e. The Morgan fingerprint density at radius 2 is 1.87 bits per heavy atom. The number of rotatable bonds is 2. The van der Waals surface area contributed by atoms with Gasteiger partial charge in [0.15, 0.2) is 6.20 Å². The Labute approximate surface area is 89.0 Å². The average molecular weight is 235 g/mol. The van der Waals surface area contributed by atoms with Gasteiger partial charge >= 0.3 is 5.88 Å². The van der Waals surface area contributed by atoms with Gasteiger partial charge in [-0.15, -0.1) is 0 Å². The second-order valence-electron chi connectivity index (χ2n) is 2.43. The molecule has 1 heterocycles. The number of aromatic nitrogens is 1. The minimum Gasteiger partial charge on any atom is -0.726 e. The number of pyridine rings is 1. The lowest BCUT2D eigenvalue weighted by atomic mass is 10.5. The molecule has 0 spiro atoms. The van der Waals surface area contributed by atoms with Crippen LogP contribution >= 0.6 is 0 Å². The van der Waals surface area contributed by atoms with Gasteiger partial charge in [-0.25, -0.2) is 8.42 Å². The second-order valence-corrected chi connectivity index (χ2v) is 3.58. The molecule has 0 bridgehead atoms. The molecule has 15 heavy (non-hydrogen) atoms. The minimum absolute atomic E-state index is 0.808. The summed E-state index contributed by atoms with van der Waals surface area (Å²) in [5, 5.41) is 0. The van der Waals surface area contributed by atoms with E-state index in [9.17, 15) is 13.0 Å². The highest BCUT2D eigenvalue weighted by atomic mass is 32.3. The van der Waals surface area contributed by atoms with Crippen molar-refractivity contribution in [3.8, 4) is 5.88 Å². The smallest absolute Gasteiger partial charge is 0.367 e. The van der Waals surface area contributed by atoms with E-state index in [0.717, 1.165) is 13.0 Å². The molecule has 0 saturated heterocycles. The molecule has 0 atom stereocenters. The standard InChI is InChI=1S/C7H10NO.CH4O4S/c1-8-6-4-3-5-7(8)9-2;1-5-6(2,3)4/h3-6H,1-2H3;1H3,(H,2,3,4)/q+1;/p-1. The summed E-state index contributed by atoms with van der Waals surface area (Å²) in [6.07, 6.45) is 1.94. The van der Waals surface area contributed by atoms with Crippen LogP contribution in [0.15, 0.2) is 24.4 Å². The first-order valence-electron chi connectivity index (χ1n) is 3.90. The monoisotopic (exact) mass is 235 g/mol. The molecular weight excluding hydrogens is 222 g/mol. The average Bonchev–Trinajstić information content (AvgIpc) is 2.18. The minimum atomic E-state index is -4.41. The topological polar surface area (TPSA) is 79.5 Å². The highest BCUT2D eigenvalue weighted by molar-refractivity contribution is 7.80. The zero-order chi connectivity index (χ0) is 11.9. The van der Waals surface area contributed by atoms with Crippen molar-refractivity contribution >= 4 is 10.4 Å². The number of hydrogen-bond acceptors (Lipinski definition) is 5. The Balaban J connectivity index is 0.000000288. The lowest BCUT2D eigenvalue weighted by molar-refractivity contribution is -0.676. The normalized spacial score (nSPS) is 10.1. The quantitative estimate of drug-likeness (QED) is 0.396. The number of hydrogen-bond donors (Lipinski definition) is 0. The number of ether oxygens (including phenoxy) is 1. The molecule has 0 saturated carbocycles. The molecule has 0 aliphatic rings. The molecule has 0 unspecified atom stereocenters. The maximum absolute atomic E-state index is 9.22. The summed E-state index contributed by atoms with van der Waals surface area (Å²) in [5.74, 6) is 0.873. The summed E-state index contributed by atoms with van der Waals surface area (Å²) in [4.78, 5) is 0. The number of nitrogens with zero attached hydrogens (tertiary/aromatic N) is 1. The van der Waals surface area contributed by atoms with E-state index in [1.165, 1.54) is 0 Å². The zero-order valence-electron chi connectivity index (χ0n) is 8.71. The van der Waals surface area contributed by atoms with Gasteiger partial charge in [0.1, 0.15) is 7.05 Å². The van der Waals surface area contributed by atoms with E-state index in [1.54, 1.807) is 7.11 Å². The molecule has 86 valence electrons. The summed E-state index contributed by atoms with van der Waals surface area (Å²) in [6.45, 7) is 0. The highest BCUT2D eigenvalue weighted by Crippen LogP contribution is 1.97. The van der Waals surface area contributed by atoms with Crippen LogP contribution in [0.3, 0.4) is 0 Å². The molecule has 7 heteroatoms. The van der Waals surface area contributed by atoms with Crippen LogP contribution in [0, 0.1) is 0 Å². The number of methoxy groups -OCH3 is 1. The Kier molecular flexibility index (Phi) is 5.83. The van der Waals surface area contributed by atoms with E-state index in [4.69, 9.17) is 4.74 Å². The lowest BCUT2D eigenvalue weighted by Crippen LogP contribution is -2.28. The van der Waals surface area contributed by atoms with Crippen LogP contribution < -0.4 is 9.30 Å².